The first kappa shape index (κ1) is 16.6. The van der Waals surface area contributed by atoms with E-state index in [0.717, 1.165) is 48.4 Å². The van der Waals surface area contributed by atoms with Crippen molar-refractivity contribution in [2.75, 3.05) is 13.7 Å². The summed E-state index contributed by atoms with van der Waals surface area (Å²) in [6.45, 7) is 5.66. The molecule has 0 N–H and O–H groups in total. The number of carbonyl (C=O) groups is 1. The molecule has 5 heteroatoms. The van der Waals surface area contributed by atoms with Crippen LogP contribution >= 0.6 is 0 Å². The highest BCUT2D eigenvalue weighted by Gasteiger charge is 2.29. The Hall–Kier alpha value is -2.30. The van der Waals surface area contributed by atoms with Gasteiger partial charge in [0, 0.05) is 12.7 Å². The van der Waals surface area contributed by atoms with Crippen molar-refractivity contribution in [2.45, 2.75) is 45.7 Å². The van der Waals surface area contributed by atoms with Crippen molar-refractivity contribution in [1.82, 2.24) is 14.7 Å². The Balaban J connectivity index is 1.67. The number of rotatable bonds is 5. The van der Waals surface area contributed by atoms with Crippen LogP contribution in [0.5, 0.6) is 5.75 Å². The maximum atomic E-state index is 12.8. The first-order valence-electron chi connectivity index (χ1n) is 8.49. The number of aromatic nitrogens is 2. The predicted octanol–water partition coefficient (Wildman–Crippen LogP) is 2.74. The summed E-state index contributed by atoms with van der Waals surface area (Å²) < 4.78 is 7.30. The molecule has 1 aromatic heterocycles. The summed E-state index contributed by atoms with van der Waals surface area (Å²) in [6.07, 6.45) is 6.42. The van der Waals surface area contributed by atoms with E-state index in [1.807, 2.05) is 54.0 Å². The number of nitrogens with zero attached hydrogens (tertiary/aromatic N) is 3. The fourth-order valence-corrected chi connectivity index (χ4v) is 3.39. The molecule has 0 bridgehead atoms. The number of amides is 1. The number of aryl methyl sites for hydroxylation is 2. The second kappa shape index (κ2) is 7.07. The van der Waals surface area contributed by atoms with E-state index < -0.39 is 0 Å². The van der Waals surface area contributed by atoms with E-state index in [1.165, 1.54) is 0 Å². The summed E-state index contributed by atoms with van der Waals surface area (Å²) in [5.41, 5.74) is 3.24. The van der Waals surface area contributed by atoms with Crippen molar-refractivity contribution in [2.24, 2.45) is 0 Å². The van der Waals surface area contributed by atoms with Gasteiger partial charge in [0.1, 0.15) is 5.75 Å². The number of ether oxygens (including phenoxy) is 1. The van der Waals surface area contributed by atoms with E-state index in [1.54, 1.807) is 7.11 Å². The Bertz CT molecular complexity index is 723. The molecule has 1 aromatic carbocycles. The quantitative estimate of drug-likeness (QED) is 0.848. The third kappa shape index (κ3) is 3.61. The molecule has 1 saturated heterocycles. The maximum absolute atomic E-state index is 12.8. The lowest BCUT2D eigenvalue weighted by molar-refractivity contribution is -0.131. The largest absolute Gasteiger partial charge is 0.496 e. The normalized spacial score (nSPS) is 17.3. The summed E-state index contributed by atoms with van der Waals surface area (Å²) in [7, 11) is 1.66. The molecule has 0 aliphatic carbocycles. The second-order valence-corrected chi connectivity index (χ2v) is 6.60. The zero-order valence-corrected chi connectivity index (χ0v) is 14.7. The molecule has 0 saturated carbocycles. The van der Waals surface area contributed by atoms with Crippen LogP contribution in [0.2, 0.25) is 0 Å². The van der Waals surface area contributed by atoms with Gasteiger partial charge in [0.05, 0.1) is 32.3 Å². The summed E-state index contributed by atoms with van der Waals surface area (Å²) >= 11 is 0. The highest BCUT2D eigenvalue weighted by molar-refractivity contribution is 5.79. The van der Waals surface area contributed by atoms with Crippen LogP contribution in [0.3, 0.4) is 0 Å². The molecular formula is C19H25N3O2. The predicted molar refractivity (Wildman–Crippen MR) is 93.1 cm³/mol. The van der Waals surface area contributed by atoms with Crippen LogP contribution in [-0.4, -0.2) is 40.3 Å². The van der Waals surface area contributed by atoms with E-state index in [4.69, 9.17) is 4.74 Å². The van der Waals surface area contributed by atoms with Crippen molar-refractivity contribution in [3.63, 3.8) is 0 Å². The Kier molecular flexibility index (Phi) is 4.88. The highest BCUT2D eigenvalue weighted by atomic mass is 16.5. The lowest BCUT2D eigenvalue weighted by Crippen LogP contribution is -2.39. The van der Waals surface area contributed by atoms with Gasteiger partial charge >= 0.3 is 0 Å². The van der Waals surface area contributed by atoms with Crippen LogP contribution in [0, 0.1) is 13.8 Å². The van der Waals surface area contributed by atoms with Crippen LogP contribution in [-0.2, 0) is 17.8 Å². The number of methoxy groups -OCH3 is 1. The molecule has 1 aliphatic rings. The monoisotopic (exact) mass is 327 g/mol. The molecule has 1 fully saturated rings. The molecule has 1 unspecified atom stereocenters. The van der Waals surface area contributed by atoms with Gasteiger partial charge in [0.25, 0.3) is 0 Å². The van der Waals surface area contributed by atoms with Gasteiger partial charge < -0.3 is 9.64 Å². The van der Waals surface area contributed by atoms with Gasteiger partial charge in [0.2, 0.25) is 5.91 Å². The molecule has 128 valence electrons. The van der Waals surface area contributed by atoms with E-state index >= 15 is 0 Å². The number of hydrogen-bond donors (Lipinski definition) is 0. The molecule has 1 aliphatic heterocycles. The van der Waals surface area contributed by atoms with Crippen LogP contribution < -0.4 is 4.74 Å². The van der Waals surface area contributed by atoms with Crippen molar-refractivity contribution in [3.05, 3.63) is 47.3 Å². The molecule has 1 atom stereocenters. The topological polar surface area (TPSA) is 47.4 Å². The molecule has 1 amide bonds. The Morgan fingerprint density at radius 1 is 1.38 bits per heavy atom. The van der Waals surface area contributed by atoms with Crippen LogP contribution in [0.15, 0.2) is 30.6 Å². The average Bonchev–Trinajstić information content (AvgIpc) is 3.18. The fourth-order valence-electron chi connectivity index (χ4n) is 3.39. The third-order valence-electron chi connectivity index (χ3n) is 4.69. The number of hydrogen-bond acceptors (Lipinski definition) is 3. The van der Waals surface area contributed by atoms with Crippen molar-refractivity contribution in [1.29, 1.82) is 0 Å². The maximum Gasteiger partial charge on any atom is 0.227 e. The zero-order valence-electron chi connectivity index (χ0n) is 14.7. The first-order chi connectivity index (χ1) is 11.6. The Morgan fingerprint density at radius 3 is 2.92 bits per heavy atom. The van der Waals surface area contributed by atoms with Gasteiger partial charge in [-0.3, -0.25) is 9.48 Å². The van der Waals surface area contributed by atoms with E-state index in [-0.39, 0.29) is 11.9 Å². The lowest BCUT2D eigenvalue weighted by atomic mass is 10.1. The van der Waals surface area contributed by atoms with Gasteiger partial charge in [-0.25, -0.2) is 0 Å². The lowest BCUT2D eigenvalue weighted by Gasteiger charge is -2.25. The first-order valence-corrected chi connectivity index (χ1v) is 8.49. The van der Waals surface area contributed by atoms with Gasteiger partial charge in [0.15, 0.2) is 0 Å². The van der Waals surface area contributed by atoms with Crippen LogP contribution in [0.4, 0.5) is 0 Å². The Labute approximate surface area is 143 Å². The van der Waals surface area contributed by atoms with Crippen molar-refractivity contribution >= 4 is 5.91 Å². The van der Waals surface area contributed by atoms with E-state index in [9.17, 15) is 4.79 Å². The molecule has 24 heavy (non-hydrogen) atoms. The SMILES string of the molecule is COc1cc(CC(=O)N2CCCC2Cn2cc(C)cn2)ccc1C. The van der Waals surface area contributed by atoms with E-state index in [2.05, 4.69) is 5.10 Å². The second-order valence-electron chi connectivity index (χ2n) is 6.60. The molecule has 5 nitrogen and oxygen atoms in total. The molecule has 2 heterocycles. The fraction of sp³-hybridized carbons (Fsp3) is 0.474. The summed E-state index contributed by atoms with van der Waals surface area (Å²) in [4.78, 5) is 14.8. The minimum Gasteiger partial charge on any atom is -0.496 e. The highest BCUT2D eigenvalue weighted by Crippen LogP contribution is 2.23. The average molecular weight is 327 g/mol. The standard InChI is InChI=1S/C19H25N3O2/c1-14-11-20-21(12-14)13-17-5-4-8-22(17)19(23)10-16-7-6-15(2)18(9-16)24-3/h6-7,9,11-12,17H,4-5,8,10,13H2,1-3H3. The number of benzene rings is 1. The summed E-state index contributed by atoms with van der Waals surface area (Å²) in [5.74, 6) is 1.03. The molecule has 0 radical (unpaired) electrons. The molecule has 0 spiro atoms. The molecule has 2 aromatic rings. The number of likely N-dealkylation sites (tertiary alicyclic amines) is 1. The Morgan fingerprint density at radius 2 is 2.21 bits per heavy atom. The third-order valence-corrected chi connectivity index (χ3v) is 4.69. The van der Waals surface area contributed by atoms with Crippen LogP contribution in [0.1, 0.15) is 29.5 Å². The molecular weight excluding hydrogens is 302 g/mol. The minimum atomic E-state index is 0.187. The van der Waals surface area contributed by atoms with Gasteiger partial charge in [-0.2, -0.15) is 5.10 Å². The minimum absolute atomic E-state index is 0.187. The van der Waals surface area contributed by atoms with Gasteiger partial charge in [-0.1, -0.05) is 12.1 Å². The molecule has 3 rings (SSSR count). The number of carbonyl (C=O) groups excluding carboxylic acids is 1. The summed E-state index contributed by atoms with van der Waals surface area (Å²) in [5, 5.41) is 4.35. The van der Waals surface area contributed by atoms with Crippen LogP contribution in [0.25, 0.3) is 0 Å². The zero-order chi connectivity index (χ0) is 17.1. The van der Waals surface area contributed by atoms with Crippen molar-refractivity contribution < 1.29 is 9.53 Å². The summed E-state index contributed by atoms with van der Waals surface area (Å²) in [6, 6.07) is 6.23. The smallest absolute Gasteiger partial charge is 0.227 e. The van der Waals surface area contributed by atoms with Crippen molar-refractivity contribution in [3.8, 4) is 5.75 Å². The van der Waals surface area contributed by atoms with Gasteiger partial charge in [-0.05, 0) is 49.4 Å². The van der Waals surface area contributed by atoms with E-state index in [0.29, 0.717) is 6.42 Å². The van der Waals surface area contributed by atoms with Gasteiger partial charge in [-0.15, -0.1) is 0 Å².